The average Bonchev–Trinajstić information content (AvgIpc) is 3.03. The van der Waals surface area contributed by atoms with E-state index >= 15 is 0 Å². The Bertz CT molecular complexity index is 1350. The van der Waals surface area contributed by atoms with Gasteiger partial charge in [0.25, 0.3) is 5.91 Å². The van der Waals surface area contributed by atoms with Crippen LogP contribution in [0, 0.1) is 11.3 Å². The number of nitrogens with zero attached hydrogens (tertiary/aromatic N) is 4. The van der Waals surface area contributed by atoms with Crippen molar-refractivity contribution < 1.29 is 19.1 Å². The van der Waals surface area contributed by atoms with Crippen LogP contribution in [0.2, 0.25) is 0 Å². The number of ether oxygens (including phenoxy) is 2. The Morgan fingerprint density at radius 3 is 2.27 bits per heavy atom. The lowest BCUT2D eigenvalue weighted by molar-refractivity contribution is 0.0600. The van der Waals surface area contributed by atoms with E-state index in [1.807, 2.05) is 42.5 Å². The van der Waals surface area contributed by atoms with Gasteiger partial charge in [-0.15, -0.1) is 0 Å². The van der Waals surface area contributed by atoms with Gasteiger partial charge >= 0.3 is 5.97 Å². The number of aromatic nitrogens is 1. The number of esters is 1. The van der Waals surface area contributed by atoms with Gasteiger partial charge in [-0.25, -0.2) is 9.78 Å². The van der Waals surface area contributed by atoms with Crippen molar-refractivity contribution in [1.29, 1.82) is 5.26 Å². The number of amides is 1. The summed E-state index contributed by atoms with van der Waals surface area (Å²) in [7, 11) is 1.38. The van der Waals surface area contributed by atoms with Gasteiger partial charge in [-0.05, 0) is 66.9 Å². The Morgan fingerprint density at radius 2 is 1.66 bits per heavy atom. The second kappa shape index (κ2) is 13.3. The monoisotopic (exact) mass is 553 g/mol. The van der Waals surface area contributed by atoms with Gasteiger partial charge in [0.15, 0.2) is 0 Å². The number of hydrogen-bond donors (Lipinski definition) is 1. The van der Waals surface area contributed by atoms with Crippen molar-refractivity contribution in [1.82, 2.24) is 15.2 Å². The van der Waals surface area contributed by atoms with E-state index in [0.29, 0.717) is 22.6 Å². The summed E-state index contributed by atoms with van der Waals surface area (Å²) in [6, 6.07) is 21.0. The molecule has 9 heteroatoms. The number of hydrogen-bond acceptors (Lipinski definition) is 8. The zero-order chi connectivity index (χ0) is 28.6. The Kier molecular flexibility index (Phi) is 9.12. The summed E-state index contributed by atoms with van der Waals surface area (Å²) in [5, 5.41) is 12.1. The van der Waals surface area contributed by atoms with Crippen LogP contribution in [0.15, 0.2) is 66.9 Å². The second-order valence-corrected chi connectivity index (χ2v) is 10.6. The first-order valence-corrected chi connectivity index (χ1v) is 14.1. The first-order chi connectivity index (χ1) is 20.0. The molecular weight excluding hydrogens is 518 g/mol. The van der Waals surface area contributed by atoms with Crippen LogP contribution in [0.4, 0.5) is 5.69 Å². The van der Waals surface area contributed by atoms with Crippen molar-refractivity contribution >= 4 is 17.6 Å². The molecule has 2 saturated heterocycles. The number of nitrogens with one attached hydrogen (secondary N) is 1. The van der Waals surface area contributed by atoms with E-state index in [-0.39, 0.29) is 24.0 Å². The van der Waals surface area contributed by atoms with Gasteiger partial charge in [0.05, 0.1) is 30.5 Å². The number of likely N-dealkylation sites (tertiary alicyclic amines) is 1. The van der Waals surface area contributed by atoms with Crippen molar-refractivity contribution in [3.63, 3.8) is 0 Å². The molecule has 0 atom stereocenters. The van der Waals surface area contributed by atoms with Crippen LogP contribution in [0.3, 0.4) is 0 Å². The highest BCUT2D eigenvalue weighted by molar-refractivity contribution is 5.92. The maximum Gasteiger partial charge on any atom is 0.337 e. The SMILES string of the molecule is COC(=O)c1ccc(CN2CCC(NC(=O)c3ccc(OC4CCN(c5ccc(C#N)cc5)CC4)cn3)CC2)cc1. The molecule has 0 saturated carbocycles. The summed E-state index contributed by atoms with van der Waals surface area (Å²) in [4.78, 5) is 33.5. The minimum Gasteiger partial charge on any atom is -0.489 e. The highest BCUT2D eigenvalue weighted by atomic mass is 16.5. The summed E-state index contributed by atoms with van der Waals surface area (Å²) >= 11 is 0. The van der Waals surface area contributed by atoms with E-state index in [2.05, 4.69) is 26.2 Å². The number of carbonyl (C=O) groups excluding carboxylic acids is 2. The molecule has 2 aromatic carbocycles. The fraction of sp³-hybridized carbons (Fsp3) is 0.375. The number of pyridine rings is 1. The van der Waals surface area contributed by atoms with Gasteiger partial charge in [-0.1, -0.05) is 12.1 Å². The fourth-order valence-corrected chi connectivity index (χ4v) is 5.37. The molecule has 1 aromatic heterocycles. The van der Waals surface area contributed by atoms with Crippen molar-refractivity contribution in [2.45, 2.75) is 44.4 Å². The van der Waals surface area contributed by atoms with E-state index in [1.165, 1.54) is 7.11 Å². The quantitative estimate of drug-likeness (QED) is 0.414. The molecule has 2 aliphatic rings. The minimum absolute atomic E-state index is 0.0991. The van der Waals surface area contributed by atoms with Gasteiger partial charge in [0.1, 0.15) is 17.5 Å². The first-order valence-electron chi connectivity index (χ1n) is 14.1. The molecule has 1 N–H and O–H groups in total. The largest absolute Gasteiger partial charge is 0.489 e. The number of nitriles is 1. The first kappa shape index (κ1) is 28.1. The molecule has 2 aliphatic heterocycles. The Hall–Kier alpha value is -4.42. The van der Waals surface area contributed by atoms with Crippen molar-refractivity contribution in [3.8, 4) is 11.8 Å². The third-order valence-corrected chi connectivity index (χ3v) is 7.78. The highest BCUT2D eigenvalue weighted by Crippen LogP contribution is 2.24. The van der Waals surface area contributed by atoms with Gasteiger partial charge < -0.3 is 19.7 Å². The van der Waals surface area contributed by atoms with Gasteiger partial charge in [0.2, 0.25) is 0 Å². The molecule has 212 valence electrons. The molecule has 0 spiro atoms. The summed E-state index contributed by atoms with van der Waals surface area (Å²) < 4.78 is 10.9. The molecule has 5 rings (SSSR count). The zero-order valence-corrected chi connectivity index (χ0v) is 23.3. The van der Waals surface area contributed by atoms with Crippen LogP contribution in [-0.2, 0) is 11.3 Å². The smallest absolute Gasteiger partial charge is 0.337 e. The van der Waals surface area contributed by atoms with Crippen LogP contribution in [0.1, 0.15) is 57.7 Å². The van der Waals surface area contributed by atoms with Crippen LogP contribution >= 0.6 is 0 Å². The molecule has 3 heterocycles. The maximum absolute atomic E-state index is 12.8. The van der Waals surface area contributed by atoms with E-state index in [4.69, 9.17) is 14.7 Å². The van der Waals surface area contributed by atoms with E-state index < -0.39 is 0 Å². The molecule has 41 heavy (non-hydrogen) atoms. The molecule has 1 amide bonds. The van der Waals surface area contributed by atoms with Crippen LogP contribution in [0.5, 0.6) is 5.75 Å². The molecule has 0 unspecified atom stereocenters. The number of methoxy groups -OCH3 is 1. The van der Waals surface area contributed by atoms with Gasteiger partial charge in [-0.3, -0.25) is 9.69 Å². The van der Waals surface area contributed by atoms with E-state index in [9.17, 15) is 9.59 Å². The topological polar surface area (TPSA) is 108 Å². The summed E-state index contributed by atoms with van der Waals surface area (Å²) in [6.45, 7) is 4.33. The Labute approximate surface area is 240 Å². The fourth-order valence-electron chi connectivity index (χ4n) is 5.37. The molecule has 0 bridgehead atoms. The standard InChI is InChI=1S/C32H35N5O4/c1-40-32(39)25-6-2-24(3-7-25)22-36-16-12-26(13-17-36)35-31(38)30-11-10-29(21-34-30)41-28-14-18-37(19-15-28)27-8-4-23(20-33)5-9-27/h2-11,21,26,28H,12-19,22H2,1H3,(H,35,38). The number of anilines is 1. The van der Waals surface area contributed by atoms with Crippen molar-refractivity contribution in [3.05, 3.63) is 89.2 Å². The van der Waals surface area contributed by atoms with Gasteiger partial charge in [0, 0.05) is 57.3 Å². The zero-order valence-electron chi connectivity index (χ0n) is 23.3. The predicted molar refractivity (Wildman–Crippen MR) is 155 cm³/mol. The average molecular weight is 554 g/mol. The van der Waals surface area contributed by atoms with Crippen LogP contribution in [-0.4, -0.2) is 67.2 Å². The number of piperidine rings is 2. The lowest BCUT2D eigenvalue weighted by Gasteiger charge is -2.33. The second-order valence-electron chi connectivity index (χ2n) is 10.6. The summed E-state index contributed by atoms with van der Waals surface area (Å²) in [5.74, 6) is 0.179. The molecule has 0 radical (unpaired) electrons. The molecule has 0 aliphatic carbocycles. The van der Waals surface area contributed by atoms with Gasteiger partial charge in [-0.2, -0.15) is 5.26 Å². The third kappa shape index (κ3) is 7.41. The number of carbonyl (C=O) groups is 2. The van der Waals surface area contributed by atoms with Crippen LogP contribution in [0.25, 0.3) is 0 Å². The maximum atomic E-state index is 12.8. The number of benzene rings is 2. The van der Waals surface area contributed by atoms with Crippen LogP contribution < -0.4 is 15.0 Å². The Balaban J connectivity index is 1.03. The van der Waals surface area contributed by atoms with E-state index in [1.54, 1.807) is 24.4 Å². The molecule has 9 nitrogen and oxygen atoms in total. The van der Waals surface area contributed by atoms with E-state index in [0.717, 1.165) is 69.7 Å². The molecule has 3 aromatic rings. The van der Waals surface area contributed by atoms with Crippen molar-refractivity contribution in [2.24, 2.45) is 0 Å². The lowest BCUT2D eigenvalue weighted by atomic mass is 10.0. The summed E-state index contributed by atoms with van der Waals surface area (Å²) in [5.41, 5.74) is 3.87. The normalized spacial score (nSPS) is 16.5. The molecule has 2 fully saturated rings. The highest BCUT2D eigenvalue weighted by Gasteiger charge is 2.23. The number of rotatable bonds is 8. The lowest BCUT2D eigenvalue weighted by Crippen LogP contribution is -2.44. The predicted octanol–water partition coefficient (Wildman–Crippen LogP) is 4.18. The molecular formula is C32H35N5O4. The third-order valence-electron chi connectivity index (χ3n) is 7.78. The summed E-state index contributed by atoms with van der Waals surface area (Å²) in [6.07, 6.45) is 5.25. The van der Waals surface area contributed by atoms with Crippen molar-refractivity contribution in [2.75, 3.05) is 38.2 Å². The Morgan fingerprint density at radius 1 is 0.951 bits per heavy atom. The minimum atomic E-state index is -0.331.